The maximum absolute atomic E-state index is 11.9. The van der Waals surface area contributed by atoms with Crippen LogP contribution in [0.1, 0.15) is 37.0 Å². The number of nitrogens with two attached hydrogens (primary N) is 1. The van der Waals surface area contributed by atoms with E-state index in [4.69, 9.17) is 15.2 Å². The first kappa shape index (κ1) is 15.5. The van der Waals surface area contributed by atoms with Crippen LogP contribution in [0.3, 0.4) is 0 Å². The summed E-state index contributed by atoms with van der Waals surface area (Å²) in [4.78, 5) is 11.9. The highest BCUT2D eigenvalue weighted by molar-refractivity contribution is 5.93. The standard InChI is InChI=1S/C13H23N3O3/c1-5-16-12(11(14)10(4)15-16)13(17)19-7-6-18-8-9(2)3/h9H,5-8,14H2,1-4H3. The third-order valence-corrected chi connectivity index (χ3v) is 2.58. The molecule has 0 unspecified atom stereocenters. The Kier molecular flexibility index (Phi) is 5.82. The van der Waals surface area contributed by atoms with E-state index in [1.807, 2.05) is 6.92 Å². The smallest absolute Gasteiger partial charge is 0.358 e. The Bertz CT molecular complexity index is 427. The molecule has 0 amide bonds. The minimum absolute atomic E-state index is 0.221. The van der Waals surface area contributed by atoms with Gasteiger partial charge in [0.15, 0.2) is 5.69 Å². The van der Waals surface area contributed by atoms with Crippen molar-refractivity contribution in [3.8, 4) is 0 Å². The van der Waals surface area contributed by atoms with Gasteiger partial charge in [0.05, 0.1) is 18.0 Å². The predicted octanol–water partition coefficient (Wildman–Crippen LogP) is 1.62. The van der Waals surface area contributed by atoms with E-state index in [2.05, 4.69) is 18.9 Å². The highest BCUT2D eigenvalue weighted by atomic mass is 16.6. The molecule has 0 aliphatic heterocycles. The number of anilines is 1. The van der Waals surface area contributed by atoms with Gasteiger partial charge in [-0.25, -0.2) is 4.79 Å². The lowest BCUT2D eigenvalue weighted by atomic mass is 10.2. The number of carbonyl (C=O) groups excluding carboxylic acids is 1. The van der Waals surface area contributed by atoms with Crippen LogP contribution in [0.2, 0.25) is 0 Å². The Morgan fingerprint density at radius 2 is 2.11 bits per heavy atom. The van der Waals surface area contributed by atoms with Gasteiger partial charge in [0.2, 0.25) is 0 Å². The SMILES string of the molecule is CCn1nc(C)c(N)c1C(=O)OCCOCC(C)C. The summed E-state index contributed by atoms with van der Waals surface area (Å²) in [5.74, 6) is 0.0172. The number of carbonyl (C=O) groups is 1. The molecule has 108 valence electrons. The largest absolute Gasteiger partial charge is 0.458 e. The van der Waals surface area contributed by atoms with Gasteiger partial charge >= 0.3 is 5.97 Å². The molecule has 1 aromatic heterocycles. The van der Waals surface area contributed by atoms with Crippen LogP contribution in [-0.2, 0) is 16.0 Å². The molecule has 0 atom stereocenters. The zero-order chi connectivity index (χ0) is 14.4. The minimum atomic E-state index is -0.451. The molecule has 1 heterocycles. The topological polar surface area (TPSA) is 79.4 Å². The van der Waals surface area contributed by atoms with Gasteiger partial charge in [0.25, 0.3) is 0 Å². The number of hydrogen-bond donors (Lipinski definition) is 1. The molecular formula is C13H23N3O3. The maximum atomic E-state index is 11.9. The monoisotopic (exact) mass is 269 g/mol. The summed E-state index contributed by atoms with van der Waals surface area (Å²) in [6.07, 6.45) is 0. The van der Waals surface area contributed by atoms with Crippen molar-refractivity contribution in [3.05, 3.63) is 11.4 Å². The first-order valence-corrected chi connectivity index (χ1v) is 6.55. The molecule has 19 heavy (non-hydrogen) atoms. The molecule has 0 radical (unpaired) electrons. The zero-order valence-electron chi connectivity index (χ0n) is 12.1. The Hall–Kier alpha value is -1.56. The van der Waals surface area contributed by atoms with Crippen LogP contribution in [0.25, 0.3) is 0 Å². The zero-order valence-corrected chi connectivity index (χ0v) is 12.1. The number of nitrogen functional groups attached to an aromatic ring is 1. The first-order chi connectivity index (χ1) is 8.97. The molecule has 6 nitrogen and oxygen atoms in total. The number of nitrogens with zero attached hydrogens (tertiary/aromatic N) is 2. The van der Waals surface area contributed by atoms with Gasteiger partial charge in [-0.05, 0) is 19.8 Å². The summed E-state index contributed by atoms with van der Waals surface area (Å²) in [6, 6.07) is 0. The van der Waals surface area contributed by atoms with Gasteiger partial charge in [0.1, 0.15) is 6.61 Å². The quantitative estimate of drug-likeness (QED) is 0.601. The van der Waals surface area contributed by atoms with Gasteiger partial charge in [-0.2, -0.15) is 5.10 Å². The molecule has 0 fully saturated rings. The van der Waals surface area contributed by atoms with Crippen LogP contribution < -0.4 is 5.73 Å². The van der Waals surface area contributed by atoms with Crippen molar-refractivity contribution in [1.82, 2.24) is 9.78 Å². The second-order valence-corrected chi connectivity index (χ2v) is 4.77. The average Bonchev–Trinajstić information content (AvgIpc) is 2.64. The van der Waals surface area contributed by atoms with Gasteiger partial charge in [-0.15, -0.1) is 0 Å². The van der Waals surface area contributed by atoms with E-state index in [1.165, 1.54) is 0 Å². The van der Waals surface area contributed by atoms with Crippen molar-refractivity contribution in [2.24, 2.45) is 5.92 Å². The number of ether oxygens (including phenoxy) is 2. The summed E-state index contributed by atoms with van der Waals surface area (Å²) in [7, 11) is 0. The molecule has 0 bridgehead atoms. The molecule has 0 spiro atoms. The highest BCUT2D eigenvalue weighted by Gasteiger charge is 2.20. The molecule has 0 aliphatic carbocycles. The second kappa shape index (κ2) is 7.13. The van der Waals surface area contributed by atoms with E-state index in [9.17, 15) is 4.79 Å². The van der Waals surface area contributed by atoms with Crippen molar-refractivity contribution < 1.29 is 14.3 Å². The molecule has 0 saturated heterocycles. The fourth-order valence-electron chi connectivity index (χ4n) is 1.62. The van der Waals surface area contributed by atoms with Crippen LogP contribution in [0, 0.1) is 12.8 Å². The molecular weight excluding hydrogens is 246 g/mol. The Morgan fingerprint density at radius 3 is 2.68 bits per heavy atom. The Labute approximate surface area is 113 Å². The summed E-state index contributed by atoms with van der Waals surface area (Å²) >= 11 is 0. The van der Waals surface area contributed by atoms with Crippen LogP contribution >= 0.6 is 0 Å². The maximum Gasteiger partial charge on any atom is 0.358 e. The molecule has 2 N–H and O–H groups in total. The summed E-state index contributed by atoms with van der Waals surface area (Å²) < 4.78 is 12.0. The van der Waals surface area contributed by atoms with Gasteiger partial charge in [-0.1, -0.05) is 13.8 Å². The third-order valence-electron chi connectivity index (χ3n) is 2.58. The van der Waals surface area contributed by atoms with E-state index >= 15 is 0 Å². The van der Waals surface area contributed by atoms with Gasteiger partial charge in [0, 0.05) is 13.2 Å². The van der Waals surface area contributed by atoms with Crippen LogP contribution in [0.15, 0.2) is 0 Å². The summed E-state index contributed by atoms with van der Waals surface area (Å²) in [5.41, 5.74) is 7.19. The van der Waals surface area contributed by atoms with Gasteiger partial charge < -0.3 is 15.2 Å². The Balaban J connectivity index is 2.50. The van der Waals surface area contributed by atoms with Crippen LogP contribution in [0.4, 0.5) is 5.69 Å². The van der Waals surface area contributed by atoms with Crippen molar-refractivity contribution in [1.29, 1.82) is 0 Å². The van der Waals surface area contributed by atoms with E-state index in [0.717, 1.165) is 0 Å². The molecule has 0 aromatic carbocycles. The van der Waals surface area contributed by atoms with Crippen LogP contribution in [-0.4, -0.2) is 35.6 Å². The lowest BCUT2D eigenvalue weighted by Gasteiger charge is -2.09. The minimum Gasteiger partial charge on any atom is -0.458 e. The van der Waals surface area contributed by atoms with E-state index in [0.29, 0.717) is 42.8 Å². The normalized spacial score (nSPS) is 11.0. The van der Waals surface area contributed by atoms with Crippen molar-refractivity contribution in [3.63, 3.8) is 0 Å². The van der Waals surface area contributed by atoms with E-state index in [1.54, 1.807) is 11.6 Å². The lowest BCUT2D eigenvalue weighted by Crippen LogP contribution is -2.17. The lowest BCUT2D eigenvalue weighted by molar-refractivity contribution is 0.0268. The number of hydrogen-bond acceptors (Lipinski definition) is 5. The van der Waals surface area contributed by atoms with E-state index < -0.39 is 5.97 Å². The Morgan fingerprint density at radius 1 is 1.42 bits per heavy atom. The van der Waals surface area contributed by atoms with Crippen LogP contribution in [0.5, 0.6) is 0 Å². The average molecular weight is 269 g/mol. The molecule has 1 aromatic rings. The predicted molar refractivity (Wildman–Crippen MR) is 73.0 cm³/mol. The highest BCUT2D eigenvalue weighted by Crippen LogP contribution is 2.17. The summed E-state index contributed by atoms with van der Waals surface area (Å²) in [5, 5.41) is 4.18. The number of aryl methyl sites for hydroxylation is 2. The van der Waals surface area contributed by atoms with Crippen molar-refractivity contribution in [2.45, 2.75) is 34.2 Å². The number of esters is 1. The first-order valence-electron chi connectivity index (χ1n) is 6.55. The fourth-order valence-corrected chi connectivity index (χ4v) is 1.62. The third kappa shape index (κ3) is 4.24. The summed E-state index contributed by atoms with van der Waals surface area (Å²) in [6.45, 7) is 9.64. The van der Waals surface area contributed by atoms with Crippen molar-refractivity contribution >= 4 is 11.7 Å². The fraction of sp³-hybridized carbons (Fsp3) is 0.692. The second-order valence-electron chi connectivity index (χ2n) is 4.77. The molecule has 6 heteroatoms. The molecule has 1 rings (SSSR count). The molecule has 0 aliphatic rings. The molecule has 0 saturated carbocycles. The van der Waals surface area contributed by atoms with Gasteiger partial charge in [-0.3, -0.25) is 4.68 Å². The number of aromatic nitrogens is 2. The van der Waals surface area contributed by atoms with Crippen molar-refractivity contribution in [2.75, 3.05) is 25.6 Å². The number of rotatable bonds is 7. The van der Waals surface area contributed by atoms with E-state index in [-0.39, 0.29) is 6.61 Å².